The lowest BCUT2D eigenvalue weighted by Gasteiger charge is -2.29. The molecular weight excluding hydrogens is 298 g/mol. The van der Waals surface area contributed by atoms with Gasteiger partial charge in [0.15, 0.2) is 0 Å². The van der Waals surface area contributed by atoms with Crippen LogP contribution in [0.2, 0.25) is 0 Å². The van der Waals surface area contributed by atoms with Crippen LogP contribution in [-0.2, 0) is 14.2 Å². The Morgan fingerprint density at radius 1 is 0.600 bits per heavy atom. The minimum atomic E-state index is 0.872. The average molecular weight is 323 g/mol. The van der Waals surface area contributed by atoms with E-state index in [9.17, 15) is 0 Å². The predicted octanol–water partition coefficient (Wildman–Crippen LogP) is 0.468. The van der Waals surface area contributed by atoms with Crippen molar-refractivity contribution in [3.8, 4) is 0 Å². The molecule has 0 aromatic carbocycles. The van der Waals surface area contributed by atoms with Gasteiger partial charge in [-0.3, -0.25) is 0 Å². The summed E-state index contributed by atoms with van der Waals surface area (Å²) in [7, 11) is 3.69. The van der Waals surface area contributed by atoms with Gasteiger partial charge in [0, 0.05) is 61.2 Å². The number of rotatable bonds is 3. The van der Waals surface area contributed by atoms with Gasteiger partial charge >= 0.3 is 0 Å². The molecule has 3 aliphatic rings. The maximum atomic E-state index is 5.29. The van der Waals surface area contributed by atoms with Gasteiger partial charge in [0.05, 0.1) is 39.6 Å². The summed E-state index contributed by atoms with van der Waals surface area (Å²) in [6, 6.07) is 0. The number of morpholine rings is 3. The lowest BCUT2D eigenvalue weighted by atomic mass is 10.5. The first-order chi connectivity index (χ1) is 9.95. The summed E-state index contributed by atoms with van der Waals surface area (Å²) in [5.74, 6) is 0. The maximum absolute atomic E-state index is 5.29. The summed E-state index contributed by atoms with van der Waals surface area (Å²) in [4.78, 5) is 0. The molecule has 0 spiro atoms. The summed E-state index contributed by atoms with van der Waals surface area (Å²) in [5, 5.41) is 3.16. The molecule has 3 heterocycles. The molecule has 0 saturated carbocycles. The van der Waals surface area contributed by atoms with E-state index in [-0.39, 0.29) is 0 Å². The van der Waals surface area contributed by atoms with Crippen molar-refractivity contribution in [2.75, 3.05) is 78.9 Å². The summed E-state index contributed by atoms with van der Waals surface area (Å²) in [6.45, 7) is 11.5. The van der Waals surface area contributed by atoms with E-state index in [1.807, 2.05) is 22.0 Å². The SMILES string of the molecule is C1CN(SSN2CCOCC2)CCO1.C1COCCN1. The lowest BCUT2D eigenvalue weighted by molar-refractivity contribution is 0.0761. The van der Waals surface area contributed by atoms with Gasteiger partial charge in [0.25, 0.3) is 0 Å². The third-order valence-corrected chi connectivity index (χ3v) is 5.71. The number of hydrogen-bond donors (Lipinski definition) is 1. The molecule has 8 heteroatoms. The fourth-order valence-corrected chi connectivity index (χ4v) is 4.10. The molecule has 0 aromatic heterocycles. The molecule has 0 aromatic rings. The van der Waals surface area contributed by atoms with Gasteiger partial charge in [-0.15, -0.1) is 0 Å². The fraction of sp³-hybridized carbons (Fsp3) is 1.00. The largest absolute Gasteiger partial charge is 0.379 e. The number of hydrogen-bond acceptors (Lipinski definition) is 8. The van der Waals surface area contributed by atoms with Gasteiger partial charge in [0.2, 0.25) is 0 Å². The van der Waals surface area contributed by atoms with Crippen LogP contribution in [0.1, 0.15) is 0 Å². The molecule has 0 amide bonds. The lowest BCUT2D eigenvalue weighted by Crippen LogP contribution is -2.33. The summed E-state index contributed by atoms with van der Waals surface area (Å²) < 4.78 is 20.3. The zero-order chi connectivity index (χ0) is 13.9. The summed E-state index contributed by atoms with van der Waals surface area (Å²) in [5.41, 5.74) is 0. The van der Waals surface area contributed by atoms with Crippen LogP contribution in [0.25, 0.3) is 0 Å². The molecule has 0 aliphatic carbocycles. The van der Waals surface area contributed by atoms with Gasteiger partial charge in [-0.1, -0.05) is 0 Å². The van der Waals surface area contributed by atoms with Crippen molar-refractivity contribution in [2.24, 2.45) is 0 Å². The molecule has 0 radical (unpaired) electrons. The summed E-state index contributed by atoms with van der Waals surface area (Å²) >= 11 is 0. The Balaban J connectivity index is 0.000000205. The summed E-state index contributed by atoms with van der Waals surface area (Å²) in [6.07, 6.45) is 0. The zero-order valence-corrected chi connectivity index (χ0v) is 13.6. The zero-order valence-electron chi connectivity index (χ0n) is 11.9. The topological polar surface area (TPSA) is 46.2 Å². The monoisotopic (exact) mass is 323 g/mol. The molecule has 3 rings (SSSR count). The first kappa shape index (κ1) is 16.8. The highest BCUT2D eigenvalue weighted by molar-refractivity contribution is 8.74. The van der Waals surface area contributed by atoms with Crippen LogP contribution in [0.3, 0.4) is 0 Å². The number of nitrogens with one attached hydrogen (secondary N) is 1. The Labute approximate surface area is 129 Å². The highest BCUT2D eigenvalue weighted by Crippen LogP contribution is 2.30. The van der Waals surface area contributed by atoms with Gasteiger partial charge in [-0.2, -0.15) is 0 Å². The van der Waals surface area contributed by atoms with Gasteiger partial charge in [-0.05, 0) is 0 Å². The Kier molecular flexibility index (Phi) is 9.32. The molecule has 0 unspecified atom stereocenters. The van der Waals surface area contributed by atoms with Gasteiger partial charge < -0.3 is 19.5 Å². The van der Waals surface area contributed by atoms with Crippen molar-refractivity contribution in [3.63, 3.8) is 0 Å². The second-order valence-corrected chi connectivity index (χ2v) is 6.82. The molecule has 0 bridgehead atoms. The fourth-order valence-electron chi connectivity index (χ4n) is 1.85. The van der Waals surface area contributed by atoms with E-state index in [1.165, 1.54) is 0 Å². The molecule has 118 valence electrons. The van der Waals surface area contributed by atoms with Crippen LogP contribution in [0.5, 0.6) is 0 Å². The van der Waals surface area contributed by atoms with E-state index in [2.05, 4.69) is 13.9 Å². The van der Waals surface area contributed by atoms with Crippen molar-refractivity contribution in [1.82, 2.24) is 13.9 Å². The average Bonchev–Trinajstić information content (AvgIpc) is 2.57. The van der Waals surface area contributed by atoms with Crippen molar-refractivity contribution in [3.05, 3.63) is 0 Å². The minimum Gasteiger partial charge on any atom is -0.379 e. The van der Waals surface area contributed by atoms with Crippen LogP contribution in [0.15, 0.2) is 0 Å². The molecule has 3 fully saturated rings. The number of ether oxygens (including phenoxy) is 3. The van der Waals surface area contributed by atoms with Crippen molar-refractivity contribution >= 4 is 22.0 Å². The van der Waals surface area contributed by atoms with E-state index in [1.54, 1.807) is 0 Å². The minimum absolute atomic E-state index is 0.872. The van der Waals surface area contributed by atoms with E-state index in [0.717, 1.165) is 78.9 Å². The standard InChI is InChI=1S/C8H16N2O2S2.C4H9NO/c1-5-11-6-2-9(1)13-14-10-3-7-12-8-4-10;1-3-6-4-2-5-1/h1-8H2;5H,1-4H2. The predicted molar refractivity (Wildman–Crippen MR) is 83.7 cm³/mol. The number of nitrogens with zero attached hydrogens (tertiary/aromatic N) is 2. The highest BCUT2D eigenvalue weighted by atomic mass is 33.1. The van der Waals surface area contributed by atoms with E-state index in [4.69, 9.17) is 14.2 Å². The van der Waals surface area contributed by atoms with Crippen LogP contribution < -0.4 is 5.32 Å². The third-order valence-electron chi connectivity index (χ3n) is 3.03. The van der Waals surface area contributed by atoms with Gasteiger partial charge in [-0.25, -0.2) is 8.61 Å². The first-order valence-electron chi connectivity index (χ1n) is 7.24. The molecule has 20 heavy (non-hydrogen) atoms. The smallest absolute Gasteiger partial charge is 0.0603 e. The maximum Gasteiger partial charge on any atom is 0.0603 e. The quantitative estimate of drug-likeness (QED) is 0.594. The van der Waals surface area contributed by atoms with Crippen molar-refractivity contribution in [1.29, 1.82) is 0 Å². The van der Waals surface area contributed by atoms with E-state index < -0.39 is 0 Å². The molecule has 1 N–H and O–H groups in total. The Bertz CT molecular complexity index is 206. The van der Waals surface area contributed by atoms with Crippen LogP contribution >= 0.6 is 22.0 Å². The molecule has 3 aliphatic heterocycles. The molecular formula is C12H25N3O3S2. The second kappa shape index (κ2) is 11.1. The Morgan fingerprint density at radius 3 is 1.30 bits per heavy atom. The molecule has 3 saturated heterocycles. The van der Waals surface area contributed by atoms with Crippen LogP contribution in [0.4, 0.5) is 0 Å². The Hall–Kier alpha value is 0.460. The van der Waals surface area contributed by atoms with Crippen LogP contribution in [0, 0.1) is 0 Å². The van der Waals surface area contributed by atoms with Crippen LogP contribution in [-0.4, -0.2) is 87.5 Å². The molecule has 6 nitrogen and oxygen atoms in total. The second-order valence-electron chi connectivity index (χ2n) is 4.59. The van der Waals surface area contributed by atoms with Crippen molar-refractivity contribution < 1.29 is 14.2 Å². The normalized spacial score (nSPS) is 25.8. The molecule has 0 atom stereocenters. The Morgan fingerprint density at radius 2 is 1.00 bits per heavy atom. The highest BCUT2D eigenvalue weighted by Gasteiger charge is 2.15. The van der Waals surface area contributed by atoms with E-state index >= 15 is 0 Å². The van der Waals surface area contributed by atoms with Gasteiger partial charge in [0.1, 0.15) is 0 Å². The first-order valence-corrected chi connectivity index (χ1v) is 9.30. The van der Waals surface area contributed by atoms with Crippen molar-refractivity contribution in [2.45, 2.75) is 0 Å². The third kappa shape index (κ3) is 7.46. The van der Waals surface area contributed by atoms with E-state index in [0.29, 0.717) is 0 Å².